The van der Waals surface area contributed by atoms with Crippen LogP contribution in [0.4, 0.5) is 5.69 Å². The number of hydrogen-bond acceptors (Lipinski definition) is 6. The predicted molar refractivity (Wildman–Crippen MR) is 84.9 cm³/mol. The van der Waals surface area contributed by atoms with Gasteiger partial charge in [-0.25, -0.2) is 4.90 Å². The summed E-state index contributed by atoms with van der Waals surface area (Å²) in [6, 6.07) is 7.01. The molecule has 0 N–H and O–H groups in total. The molecular formula is C18H17NO6. The van der Waals surface area contributed by atoms with Gasteiger partial charge in [0.2, 0.25) is 11.8 Å². The van der Waals surface area contributed by atoms with Crippen molar-refractivity contribution in [2.24, 2.45) is 11.8 Å². The molecule has 25 heavy (non-hydrogen) atoms. The lowest BCUT2D eigenvalue weighted by atomic mass is 9.76. The van der Waals surface area contributed by atoms with Crippen LogP contribution in [0, 0.1) is 11.8 Å². The minimum Gasteiger partial charge on any atom is -0.495 e. The maximum Gasteiger partial charge on any atom is 0.241 e. The average molecular weight is 343 g/mol. The first kappa shape index (κ1) is 15.1. The second-order valence-corrected chi connectivity index (χ2v) is 6.56. The van der Waals surface area contributed by atoms with Gasteiger partial charge in [-0.1, -0.05) is 18.2 Å². The standard InChI is InChI=1S/C18H17NO6/c1-22-11-5-3-2-4-10(11)19-15(20)13-12-6-7-18(25-12,14(13)16(19)21)17-23-8-9-24-17/h2-7,12-14,17H,8-9H2,1H3/t12-,13-,14-,18-/m1/s1. The smallest absolute Gasteiger partial charge is 0.241 e. The van der Waals surface area contributed by atoms with Crippen LogP contribution in [-0.2, 0) is 23.8 Å². The van der Waals surface area contributed by atoms with Gasteiger partial charge in [-0.2, -0.15) is 0 Å². The van der Waals surface area contributed by atoms with Crippen molar-refractivity contribution in [2.75, 3.05) is 25.2 Å². The summed E-state index contributed by atoms with van der Waals surface area (Å²) in [7, 11) is 1.51. The fourth-order valence-corrected chi connectivity index (χ4v) is 4.38. The molecule has 1 aromatic rings. The minimum atomic E-state index is -1.03. The molecule has 3 fully saturated rings. The zero-order valence-corrected chi connectivity index (χ0v) is 13.6. The van der Waals surface area contributed by atoms with Crippen LogP contribution in [0.5, 0.6) is 5.75 Å². The van der Waals surface area contributed by atoms with Crippen LogP contribution in [0.2, 0.25) is 0 Å². The van der Waals surface area contributed by atoms with Gasteiger partial charge in [0.25, 0.3) is 0 Å². The Bertz CT molecular complexity index is 786. The Balaban J connectivity index is 1.58. The highest BCUT2D eigenvalue weighted by molar-refractivity contribution is 6.24. The van der Waals surface area contributed by atoms with Crippen molar-refractivity contribution in [1.29, 1.82) is 0 Å². The van der Waals surface area contributed by atoms with Crippen molar-refractivity contribution in [3.8, 4) is 5.75 Å². The van der Waals surface area contributed by atoms with Gasteiger partial charge in [0.05, 0.1) is 44.0 Å². The maximum atomic E-state index is 13.2. The number of rotatable bonds is 3. The van der Waals surface area contributed by atoms with Crippen molar-refractivity contribution in [1.82, 2.24) is 0 Å². The number of hydrogen-bond donors (Lipinski definition) is 0. The Morgan fingerprint density at radius 2 is 1.92 bits per heavy atom. The number of amides is 2. The van der Waals surface area contributed by atoms with Crippen LogP contribution >= 0.6 is 0 Å². The molecule has 7 heteroatoms. The van der Waals surface area contributed by atoms with E-state index in [2.05, 4.69) is 0 Å². The van der Waals surface area contributed by atoms with Crippen molar-refractivity contribution < 1.29 is 28.5 Å². The molecule has 2 amide bonds. The highest BCUT2D eigenvalue weighted by atomic mass is 16.7. The number of ether oxygens (including phenoxy) is 4. The van der Waals surface area contributed by atoms with Crippen LogP contribution in [0.1, 0.15) is 0 Å². The topological polar surface area (TPSA) is 74.3 Å². The molecule has 0 unspecified atom stereocenters. The van der Waals surface area contributed by atoms with Gasteiger partial charge in [0, 0.05) is 0 Å². The summed E-state index contributed by atoms with van der Waals surface area (Å²) in [6.45, 7) is 0.897. The summed E-state index contributed by atoms with van der Waals surface area (Å²) >= 11 is 0. The minimum absolute atomic E-state index is 0.270. The van der Waals surface area contributed by atoms with E-state index in [9.17, 15) is 9.59 Å². The molecule has 4 heterocycles. The van der Waals surface area contributed by atoms with E-state index < -0.39 is 29.8 Å². The Hall–Kier alpha value is -2.22. The molecule has 7 nitrogen and oxygen atoms in total. The second kappa shape index (κ2) is 5.14. The molecule has 0 aliphatic carbocycles. The summed E-state index contributed by atoms with van der Waals surface area (Å²) in [5.41, 5.74) is -0.577. The van der Waals surface area contributed by atoms with E-state index in [1.807, 2.05) is 12.2 Å². The monoisotopic (exact) mass is 343 g/mol. The van der Waals surface area contributed by atoms with Gasteiger partial charge < -0.3 is 18.9 Å². The van der Waals surface area contributed by atoms with Crippen LogP contribution in [-0.4, -0.2) is 50.1 Å². The zero-order chi connectivity index (χ0) is 17.2. The van der Waals surface area contributed by atoms with Crippen molar-refractivity contribution in [2.45, 2.75) is 18.0 Å². The van der Waals surface area contributed by atoms with Crippen molar-refractivity contribution >= 4 is 17.5 Å². The molecule has 1 aromatic carbocycles. The van der Waals surface area contributed by atoms with Crippen molar-refractivity contribution in [3.63, 3.8) is 0 Å². The summed E-state index contributed by atoms with van der Waals surface area (Å²) in [5, 5.41) is 0. The van der Waals surface area contributed by atoms with Crippen molar-refractivity contribution in [3.05, 3.63) is 36.4 Å². The largest absolute Gasteiger partial charge is 0.495 e. The number of imide groups is 1. The number of methoxy groups -OCH3 is 1. The highest BCUT2D eigenvalue weighted by Crippen LogP contribution is 2.55. The zero-order valence-electron chi connectivity index (χ0n) is 13.6. The number of nitrogens with zero attached hydrogens (tertiary/aromatic N) is 1. The number of fused-ring (bicyclic) bond motifs is 5. The Kier molecular flexibility index (Phi) is 3.10. The summed E-state index contributed by atoms with van der Waals surface area (Å²) in [6.07, 6.45) is 2.56. The van der Waals surface area contributed by atoms with Gasteiger partial charge in [-0.3, -0.25) is 9.59 Å². The van der Waals surface area contributed by atoms with E-state index in [1.165, 1.54) is 12.0 Å². The Morgan fingerprint density at radius 1 is 1.16 bits per heavy atom. The quantitative estimate of drug-likeness (QED) is 0.599. The van der Waals surface area contributed by atoms with Crippen LogP contribution < -0.4 is 9.64 Å². The summed E-state index contributed by atoms with van der Waals surface area (Å²) < 4.78 is 22.6. The van der Waals surface area contributed by atoms with E-state index in [4.69, 9.17) is 18.9 Å². The molecule has 4 aliphatic rings. The molecule has 130 valence electrons. The molecule has 3 saturated heterocycles. The number of benzene rings is 1. The summed E-state index contributed by atoms with van der Waals surface area (Å²) in [4.78, 5) is 27.5. The number of carbonyl (C=O) groups is 2. The van der Waals surface area contributed by atoms with Gasteiger partial charge in [0.1, 0.15) is 5.75 Å². The molecule has 4 aliphatic heterocycles. The normalized spacial score (nSPS) is 36.5. The molecule has 0 saturated carbocycles. The first-order valence-corrected chi connectivity index (χ1v) is 8.28. The van der Waals surface area contributed by atoms with Crippen LogP contribution in [0.25, 0.3) is 0 Å². The predicted octanol–water partition coefficient (Wildman–Crippen LogP) is 0.881. The molecule has 0 radical (unpaired) electrons. The lowest BCUT2D eigenvalue weighted by Crippen LogP contribution is -2.49. The third kappa shape index (κ3) is 1.80. The maximum absolute atomic E-state index is 13.2. The molecule has 0 aromatic heterocycles. The Labute approximate surface area is 144 Å². The lowest BCUT2D eigenvalue weighted by molar-refractivity contribution is -0.180. The second-order valence-electron chi connectivity index (χ2n) is 6.56. The van der Waals surface area contributed by atoms with Gasteiger partial charge >= 0.3 is 0 Å². The van der Waals surface area contributed by atoms with E-state index >= 15 is 0 Å². The van der Waals surface area contributed by atoms with E-state index in [-0.39, 0.29) is 11.8 Å². The molecule has 0 spiro atoms. The first-order chi connectivity index (χ1) is 12.2. The first-order valence-electron chi connectivity index (χ1n) is 8.28. The molecular weight excluding hydrogens is 326 g/mol. The fraction of sp³-hybridized carbons (Fsp3) is 0.444. The highest BCUT2D eigenvalue weighted by Gasteiger charge is 2.71. The van der Waals surface area contributed by atoms with E-state index in [1.54, 1.807) is 24.3 Å². The molecule has 2 bridgehead atoms. The third-order valence-electron chi connectivity index (χ3n) is 5.39. The van der Waals surface area contributed by atoms with Crippen LogP contribution in [0.3, 0.4) is 0 Å². The van der Waals surface area contributed by atoms with Gasteiger partial charge in [-0.15, -0.1) is 0 Å². The molecule has 4 atom stereocenters. The Morgan fingerprint density at radius 3 is 2.68 bits per heavy atom. The van der Waals surface area contributed by atoms with Crippen LogP contribution in [0.15, 0.2) is 36.4 Å². The summed E-state index contributed by atoms with van der Waals surface area (Å²) in [5.74, 6) is -1.30. The SMILES string of the molecule is COc1ccccc1N1C(=O)[C@@H]2[C@H]3C=C[C@@](C4OCCO4)(O3)[C@H]2C1=O. The fourth-order valence-electron chi connectivity index (χ4n) is 4.38. The van der Waals surface area contributed by atoms with Gasteiger partial charge in [-0.05, 0) is 18.2 Å². The number of para-hydroxylation sites is 2. The average Bonchev–Trinajstić information content (AvgIpc) is 3.38. The van der Waals surface area contributed by atoms with Gasteiger partial charge in [0.15, 0.2) is 11.9 Å². The number of carbonyl (C=O) groups excluding carboxylic acids is 2. The van der Waals surface area contributed by atoms with E-state index in [0.717, 1.165) is 0 Å². The third-order valence-corrected chi connectivity index (χ3v) is 5.39. The number of anilines is 1. The lowest BCUT2D eigenvalue weighted by Gasteiger charge is -2.32. The molecule has 5 rings (SSSR count). The van der Waals surface area contributed by atoms with E-state index in [0.29, 0.717) is 24.7 Å².